The maximum absolute atomic E-state index is 4.83. The van der Waals surface area contributed by atoms with Crippen LogP contribution in [0.25, 0.3) is 11.4 Å². The van der Waals surface area contributed by atoms with Crippen LogP contribution in [0.1, 0.15) is 37.7 Å². The van der Waals surface area contributed by atoms with Crippen molar-refractivity contribution in [1.29, 1.82) is 0 Å². The first kappa shape index (κ1) is 22.0. The van der Waals surface area contributed by atoms with Gasteiger partial charge in [-0.1, -0.05) is 0 Å². The van der Waals surface area contributed by atoms with E-state index in [1.165, 1.54) is 51.0 Å². The van der Waals surface area contributed by atoms with Crippen molar-refractivity contribution in [1.82, 2.24) is 19.8 Å². The lowest BCUT2D eigenvalue weighted by Gasteiger charge is -2.36. The Morgan fingerprint density at radius 1 is 1.03 bits per heavy atom. The zero-order valence-corrected chi connectivity index (χ0v) is 19.5. The first-order valence-electron chi connectivity index (χ1n) is 11.9. The SMILES string of the molecule is Cc1cnc(-c2ccc(N3CCC(N(C)C)CC3)cc2)nc1NCCCN1CCCC1. The number of benzene rings is 1. The minimum absolute atomic E-state index is 0.706. The molecule has 31 heavy (non-hydrogen) atoms. The average molecular weight is 423 g/mol. The van der Waals surface area contributed by atoms with Crippen LogP contribution in [0.2, 0.25) is 0 Å². The number of hydrogen-bond donors (Lipinski definition) is 1. The highest BCUT2D eigenvalue weighted by atomic mass is 15.2. The summed E-state index contributed by atoms with van der Waals surface area (Å²) in [5, 5.41) is 3.53. The quantitative estimate of drug-likeness (QED) is 0.652. The van der Waals surface area contributed by atoms with E-state index in [2.05, 4.69) is 70.3 Å². The van der Waals surface area contributed by atoms with Gasteiger partial charge < -0.3 is 20.0 Å². The van der Waals surface area contributed by atoms with Gasteiger partial charge in [-0.15, -0.1) is 0 Å². The van der Waals surface area contributed by atoms with Gasteiger partial charge in [-0.3, -0.25) is 0 Å². The van der Waals surface area contributed by atoms with Crippen LogP contribution in [0.3, 0.4) is 0 Å². The number of nitrogens with one attached hydrogen (secondary N) is 1. The van der Waals surface area contributed by atoms with Crippen molar-refractivity contribution in [3.8, 4) is 11.4 Å². The van der Waals surface area contributed by atoms with Gasteiger partial charge in [0.1, 0.15) is 5.82 Å². The summed E-state index contributed by atoms with van der Waals surface area (Å²) >= 11 is 0. The van der Waals surface area contributed by atoms with Crippen LogP contribution in [-0.4, -0.2) is 79.2 Å². The van der Waals surface area contributed by atoms with Crippen LogP contribution in [0.5, 0.6) is 0 Å². The van der Waals surface area contributed by atoms with E-state index >= 15 is 0 Å². The van der Waals surface area contributed by atoms with Gasteiger partial charge in [0.2, 0.25) is 0 Å². The topological polar surface area (TPSA) is 47.5 Å². The van der Waals surface area contributed by atoms with E-state index < -0.39 is 0 Å². The molecule has 0 unspecified atom stereocenters. The lowest BCUT2D eigenvalue weighted by Crippen LogP contribution is -2.41. The lowest BCUT2D eigenvalue weighted by molar-refractivity contribution is 0.249. The minimum atomic E-state index is 0.706. The Morgan fingerprint density at radius 2 is 1.74 bits per heavy atom. The number of likely N-dealkylation sites (tertiary alicyclic amines) is 1. The fourth-order valence-electron chi connectivity index (χ4n) is 4.74. The van der Waals surface area contributed by atoms with E-state index in [9.17, 15) is 0 Å². The van der Waals surface area contributed by atoms with E-state index in [4.69, 9.17) is 4.98 Å². The van der Waals surface area contributed by atoms with Crippen molar-refractivity contribution in [2.24, 2.45) is 0 Å². The second kappa shape index (κ2) is 10.4. The summed E-state index contributed by atoms with van der Waals surface area (Å²) in [6, 6.07) is 9.47. The molecule has 0 radical (unpaired) electrons. The Labute approximate surface area is 187 Å². The number of hydrogen-bond acceptors (Lipinski definition) is 6. The molecule has 6 nitrogen and oxygen atoms in total. The molecular weight excluding hydrogens is 384 g/mol. The van der Waals surface area contributed by atoms with Gasteiger partial charge in [0, 0.05) is 48.7 Å². The van der Waals surface area contributed by atoms with Gasteiger partial charge in [-0.25, -0.2) is 9.97 Å². The molecule has 0 spiro atoms. The fourth-order valence-corrected chi connectivity index (χ4v) is 4.74. The molecule has 6 heteroatoms. The molecule has 0 bridgehead atoms. The molecule has 1 N–H and O–H groups in total. The monoisotopic (exact) mass is 422 g/mol. The minimum Gasteiger partial charge on any atom is -0.371 e. The Kier molecular flexibility index (Phi) is 7.41. The number of nitrogens with zero attached hydrogens (tertiary/aromatic N) is 5. The van der Waals surface area contributed by atoms with Crippen LogP contribution < -0.4 is 10.2 Å². The number of aryl methyl sites for hydroxylation is 1. The summed E-state index contributed by atoms with van der Waals surface area (Å²) in [6.07, 6.45) is 8.25. The maximum atomic E-state index is 4.83. The van der Waals surface area contributed by atoms with Crippen LogP contribution in [-0.2, 0) is 0 Å². The summed E-state index contributed by atoms with van der Waals surface area (Å²) in [6.45, 7) is 8.98. The van der Waals surface area contributed by atoms with E-state index in [0.29, 0.717) is 6.04 Å². The van der Waals surface area contributed by atoms with Crippen LogP contribution >= 0.6 is 0 Å². The molecule has 1 aromatic carbocycles. The Bertz CT molecular complexity index is 820. The molecule has 2 fully saturated rings. The first-order valence-corrected chi connectivity index (χ1v) is 11.9. The highest BCUT2D eigenvalue weighted by Gasteiger charge is 2.20. The smallest absolute Gasteiger partial charge is 0.161 e. The van der Waals surface area contributed by atoms with Crippen molar-refractivity contribution < 1.29 is 0 Å². The largest absolute Gasteiger partial charge is 0.371 e. The second-order valence-electron chi connectivity index (χ2n) is 9.28. The van der Waals surface area contributed by atoms with Crippen molar-refractivity contribution in [3.63, 3.8) is 0 Å². The zero-order valence-electron chi connectivity index (χ0n) is 19.5. The van der Waals surface area contributed by atoms with Gasteiger partial charge in [-0.2, -0.15) is 0 Å². The van der Waals surface area contributed by atoms with Crippen LogP contribution in [0.4, 0.5) is 11.5 Å². The third kappa shape index (κ3) is 5.74. The third-order valence-electron chi connectivity index (χ3n) is 6.80. The molecule has 4 rings (SSSR count). The molecule has 2 aliphatic heterocycles. The van der Waals surface area contributed by atoms with Gasteiger partial charge in [0.15, 0.2) is 5.82 Å². The normalized spacial score (nSPS) is 18.1. The summed E-state index contributed by atoms with van der Waals surface area (Å²) in [7, 11) is 4.38. The van der Waals surface area contributed by atoms with Gasteiger partial charge >= 0.3 is 0 Å². The molecule has 0 aliphatic carbocycles. The fraction of sp³-hybridized carbons (Fsp3) is 0.600. The molecule has 2 aliphatic rings. The predicted octanol–water partition coefficient (Wildman–Crippen LogP) is 3.88. The van der Waals surface area contributed by atoms with Gasteiger partial charge in [-0.05, 0) is 97.0 Å². The second-order valence-corrected chi connectivity index (χ2v) is 9.28. The number of rotatable bonds is 8. The van der Waals surface area contributed by atoms with E-state index in [-0.39, 0.29) is 0 Å². The Hall–Kier alpha value is -2.18. The number of aromatic nitrogens is 2. The summed E-state index contributed by atoms with van der Waals surface area (Å²) in [5.74, 6) is 1.76. The highest BCUT2D eigenvalue weighted by molar-refractivity contribution is 5.62. The Morgan fingerprint density at radius 3 is 2.42 bits per heavy atom. The van der Waals surface area contributed by atoms with Crippen LogP contribution in [0.15, 0.2) is 30.5 Å². The van der Waals surface area contributed by atoms with Crippen molar-refractivity contribution in [3.05, 3.63) is 36.0 Å². The average Bonchev–Trinajstić information content (AvgIpc) is 3.32. The van der Waals surface area contributed by atoms with Crippen molar-refractivity contribution >= 4 is 11.5 Å². The summed E-state index contributed by atoms with van der Waals surface area (Å²) in [5.41, 5.74) is 3.48. The summed E-state index contributed by atoms with van der Waals surface area (Å²) in [4.78, 5) is 16.8. The molecule has 2 aromatic rings. The molecule has 0 saturated carbocycles. The third-order valence-corrected chi connectivity index (χ3v) is 6.80. The van der Waals surface area contributed by atoms with Crippen molar-refractivity contribution in [2.75, 3.05) is 63.6 Å². The zero-order chi connectivity index (χ0) is 21.6. The molecule has 3 heterocycles. The molecule has 168 valence electrons. The predicted molar refractivity (Wildman–Crippen MR) is 130 cm³/mol. The van der Waals surface area contributed by atoms with Gasteiger partial charge in [0.25, 0.3) is 0 Å². The van der Waals surface area contributed by atoms with Crippen molar-refractivity contribution in [2.45, 2.75) is 45.1 Å². The Balaban J connectivity index is 1.34. The maximum Gasteiger partial charge on any atom is 0.161 e. The number of piperidine rings is 1. The molecule has 0 amide bonds. The van der Waals surface area contributed by atoms with Crippen LogP contribution in [0, 0.1) is 6.92 Å². The molecule has 0 atom stereocenters. The number of anilines is 2. The molecular formula is C25H38N6. The lowest BCUT2D eigenvalue weighted by atomic mass is 10.0. The first-order chi connectivity index (χ1) is 15.1. The van der Waals surface area contributed by atoms with E-state index in [0.717, 1.165) is 48.8 Å². The van der Waals surface area contributed by atoms with E-state index in [1.54, 1.807) is 0 Å². The molecule has 1 aromatic heterocycles. The highest BCUT2D eigenvalue weighted by Crippen LogP contribution is 2.25. The summed E-state index contributed by atoms with van der Waals surface area (Å²) < 4.78 is 0. The standard InChI is InChI=1S/C25H38N6/c1-20-19-27-25(28-24(20)26-13-6-16-30-14-4-5-15-30)21-7-9-23(10-8-21)31-17-11-22(12-18-31)29(2)3/h7-10,19,22H,4-6,11-18H2,1-3H3,(H,26,27,28). The molecule has 2 saturated heterocycles. The van der Waals surface area contributed by atoms with Gasteiger partial charge in [0.05, 0.1) is 0 Å². The van der Waals surface area contributed by atoms with E-state index in [1.807, 2.05) is 6.20 Å².